The summed E-state index contributed by atoms with van der Waals surface area (Å²) in [5, 5.41) is -0.784. The predicted octanol–water partition coefficient (Wildman–Crippen LogP) is 8.55. The molecule has 0 aromatic heterocycles. The monoisotopic (exact) mass is 897 g/mol. The van der Waals surface area contributed by atoms with Gasteiger partial charge in [0.15, 0.2) is 0 Å². The molecule has 2 unspecified atom stereocenters. The van der Waals surface area contributed by atoms with Crippen molar-refractivity contribution in [1.82, 2.24) is 0 Å². The van der Waals surface area contributed by atoms with Gasteiger partial charge in [-0.2, -0.15) is 33.7 Å². The molecule has 0 radical (unpaired) electrons. The van der Waals surface area contributed by atoms with Crippen molar-refractivity contribution in [3.8, 4) is 0 Å². The van der Waals surface area contributed by atoms with Crippen molar-refractivity contribution >= 4 is 64.6 Å². The van der Waals surface area contributed by atoms with Gasteiger partial charge in [-0.25, -0.2) is 0 Å². The molecular weight excluding hydrogens is 829 g/mol. The predicted molar refractivity (Wildman–Crippen MR) is 230 cm³/mol. The van der Waals surface area contributed by atoms with E-state index in [1.807, 2.05) is 18.2 Å². The minimum Gasteiger partial charge on any atom is -0.354 e. The molecule has 19 heteroatoms. The number of rotatable bonds is 35. The van der Waals surface area contributed by atoms with Crippen LogP contribution in [0.15, 0.2) is 30.3 Å². The summed E-state index contributed by atoms with van der Waals surface area (Å²) in [5.41, 5.74) is 1.06. The summed E-state index contributed by atoms with van der Waals surface area (Å²) >= 11 is 0. The number of anilines is 1. The summed E-state index contributed by atoms with van der Waals surface area (Å²) in [5.74, 6) is -0.987. The van der Waals surface area contributed by atoms with Gasteiger partial charge in [-0.15, -0.1) is 18.5 Å². The number of hydrogen-bond acceptors (Lipinski definition) is 9. The second kappa shape index (κ2) is 26.6. The van der Waals surface area contributed by atoms with E-state index in [0.29, 0.717) is 51.4 Å². The first-order valence-electron chi connectivity index (χ1n) is 19.8. The third-order valence-corrected chi connectivity index (χ3v) is 14.8. The van der Waals surface area contributed by atoms with E-state index in [1.54, 1.807) is 0 Å². The quantitative estimate of drug-likeness (QED) is 0.0285. The average molecular weight is 898 g/mol. The van der Waals surface area contributed by atoms with Crippen LogP contribution in [0, 0.1) is 0 Å². The third kappa shape index (κ3) is 27.8. The summed E-state index contributed by atoms with van der Waals surface area (Å²) in [6, 6.07) is 10.3. The lowest BCUT2D eigenvalue weighted by molar-refractivity contribution is 0.335. The fourth-order valence-electron chi connectivity index (χ4n) is 7.22. The maximum Gasteiger partial charge on any atom is 0.264 e. The molecule has 0 aliphatic rings. The van der Waals surface area contributed by atoms with E-state index in [2.05, 4.69) is 35.5 Å². The maximum atomic E-state index is 11.2. The Bertz CT molecular complexity index is 1440. The van der Waals surface area contributed by atoms with Crippen molar-refractivity contribution in [2.75, 3.05) is 27.9 Å². The summed E-state index contributed by atoms with van der Waals surface area (Å²) < 4.78 is 126. The summed E-state index contributed by atoms with van der Waals surface area (Å²) in [4.78, 5) is 2.54. The molecular formula is C36H69NO12P2S4. The molecule has 55 heavy (non-hydrogen) atoms. The van der Waals surface area contributed by atoms with E-state index in [-0.39, 0.29) is 23.0 Å². The zero-order chi connectivity index (χ0) is 41.5. The molecule has 0 bridgehead atoms. The Morgan fingerprint density at radius 1 is 0.382 bits per heavy atom. The molecule has 0 fully saturated rings. The van der Waals surface area contributed by atoms with Crippen molar-refractivity contribution in [3.63, 3.8) is 0 Å². The fourth-order valence-corrected chi connectivity index (χ4v) is 11.3. The zero-order valence-electron chi connectivity index (χ0n) is 32.5. The minimum absolute atomic E-state index is 0.247. The molecule has 4 N–H and O–H groups in total. The fraction of sp³-hybridized carbons (Fsp3) is 0.833. The van der Waals surface area contributed by atoms with Gasteiger partial charge >= 0.3 is 0 Å². The van der Waals surface area contributed by atoms with Crippen LogP contribution in [-0.4, -0.2) is 85.5 Å². The Morgan fingerprint density at radius 3 is 0.836 bits per heavy atom. The first kappa shape index (κ1) is 52.5. The van der Waals surface area contributed by atoms with Crippen molar-refractivity contribution in [1.29, 1.82) is 0 Å². The molecule has 1 rings (SSSR count). The Kier molecular flexibility index (Phi) is 25.4. The van der Waals surface area contributed by atoms with Gasteiger partial charge in [-0.1, -0.05) is 121 Å². The van der Waals surface area contributed by atoms with Gasteiger partial charge in [0.25, 0.3) is 40.5 Å². The molecule has 1 aromatic carbocycles. The van der Waals surface area contributed by atoms with E-state index in [0.717, 1.165) is 108 Å². The lowest BCUT2D eigenvalue weighted by atomic mass is 9.91. The van der Waals surface area contributed by atoms with Crippen LogP contribution in [0.1, 0.15) is 154 Å². The van der Waals surface area contributed by atoms with Crippen LogP contribution in [0.5, 0.6) is 0 Å². The normalized spacial score (nSPS) is 13.3. The molecule has 2 atom stereocenters. The molecule has 324 valence electrons. The van der Waals surface area contributed by atoms with Gasteiger partial charge in [-0.05, 0) is 63.5 Å². The maximum absolute atomic E-state index is 11.2. The zero-order valence-corrected chi connectivity index (χ0v) is 38.1. The highest BCUT2D eigenvalue weighted by atomic mass is 32.2. The Morgan fingerprint density at radius 2 is 0.600 bits per heavy atom. The Balaban J connectivity index is 3.30. The Labute approximate surface area is 337 Å². The lowest BCUT2D eigenvalue weighted by Crippen LogP contribution is -2.55. The van der Waals surface area contributed by atoms with Gasteiger partial charge < -0.3 is 4.90 Å². The number of benzene rings is 1. The van der Waals surface area contributed by atoms with Gasteiger partial charge in [0, 0.05) is 5.69 Å². The molecule has 0 aliphatic carbocycles. The number of nitrogens with zero attached hydrogens (tertiary/aromatic N) is 1. The smallest absolute Gasteiger partial charge is 0.264 e. The summed E-state index contributed by atoms with van der Waals surface area (Å²) in [6.07, 6.45) is 18.1. The molecule has 0 saturated heterocycles. The van der Waals surface area contributed by atoms with Crippen LogP contribution in [0.3, 0.4) is 0 Å². The molecule has 0 saturated carbocycles. The Hall–Kier alpha value is -0.480. The van der Waals surface area contributed by atoms with Crippen molar-refractivity contribution in [2.24, 2.45) is 0 Å². The third-order valence-electron chi connectivity index (χ3n) is 9.95. The van der Waals surface area contributed by atoms with E-state index < -0.39 is 51.0 Å². The number of para-hydroxylation sites is 1. The van der Waals surface area contributed by atoms with Gasteiger partial charge in [0.05, 0.1) is 33.6 Å². The van der Waals surface area contributed by atoms with Crippen LogP contribution in [0.4, 0.5) is 5.69 Å². The van der Waals surface area contributed by atoms with Crippen molar-refractivity contribution in [2.45, 2.75) is 165 Å². The molecule has 1 aromatic rings. The molecule has 0 amide bonds. The summed E-state index contributed by atoms with van der Waals surface area (Å²) in [7, 11) is -9.58. The number of hydrogen-bond donors (Lipinski definition) is 4. The van der Waals surface area contributed by atoms with Crippen LogP contribution in [0.2, 0.25) is 0 Å². The van der Waals surface area contributed by atoms with E-state index >= 15 is 0 Å². The van der Waals surface area contributed by atoms with Crippen molar-refractivity contribution < 1.29 is 51.9 Å². The van der Waals surface area contributed by atoms with Crippen LogP contribution in [-0.2, 0) is 40.5 Å². The molecule has 0 heterocycles. The van der Waals surface area contributed by atoms with E-state index in [4.69, 9.17) is 18.2 Å². The SMILES string of the molecule is O=S(=O)(O)CCCCCCCC(P)(CCCCCCCS(=O)(=O)O)N(c1ccccc1)C(P)(CCCCCCCS(=O)(=O)O)CCCCCCCS(=O)(=O)O. The minimum atomic E-state index is -3.99. The molecule has 13 nitrogen and oxygen atoms in total. The van der Waals surface area contributed by atoms with Crippen LogP contribution < -0.4 is 4.90 Å². The lowest BCUT2D eigenvalue weighted by Gasteiger charge is -2.54. The second-order valence-electron chi connectivity index (χ2n) is 15.1. The first-order chi connectivity index (χ1) is 25.6. The highest BCUT2D eigenvalue weighted by Gasteiger charge is 2.42. The molecule has 0 aliphatic heterocycles. The number of unbranched alkanes of at least 4 members (excludes halogenated alkanes) is 16. The average Bonchev–Trinajstić information content (AvgIpc) is 3.05. The standard InChI is InChI=1S/C36H69NO12P2S4/c38-52(39,40)30-20-9-1-5-16-26-35(50,27-17-6-2-10-21-31-53(41,42)43)37(34-24-14-13-15-25-34)36(51,28-18-7-3-11-22-32-54(44,45)46)29-19-8-4-12-23-33-55(47,48)49/h13-15,24-25H,1-12,16-23,26-33,50-51H2,(H,38,39,40)(H,41,42,43)(H,44,45,46)(H,47,48,49). The van der Waals surface area contributed by atoms with Gasteiger partial charge in [0.2, 0.25) is 0 Å². The second-order valence-corrected chi connectivity index (χ2v) is 23.5. The highest BCUT2D eigenvalue weighted by Crippen LogP contribution is 2.49. The topological polar surface area (TPSA) is 221 Å². The van der Waals surface area contributed by atoms with Crippen LogP contribution in [0.25, 0.3) is 0 Å². The first-order valence-corrected chi connectivity index (χ1v) is 27.4. The molecule has 0 spiro atoms. The summed E-state index contributed by atoms with van der Waals surface area (Å²) in [6.45, 7) is 0. The largest absolute Gasteiger partial charge is 0.354 e. The van der Waals surface area contributed by atoms with Crippen molar-refractivity contribution in [3.05, 3.63) is 30.3 Å². The van der Waals surface area contributed by atoms with E-state index in [9.17, 15) is 33.7 Å². The van der Waals surface area contributed by atoms with Crippen LogP contribution >= 0.6 is 18.5 Å². The van der Waals surface area contributed by atoms with Gasteiger partial charge in [0.1, 0.15) is 0 Å². The van der Waals surface area contributed by atoms with Gasteiger partial charge in [-0.3, -0.25) is 18.2 Å². The highest BCUT2D eigenvalue weighted by molar-refractivity contribution is 7.86. The van der Waals surface area contributed by atoms with E-state index in [1.165, 1.54) is 0 Å².